The maximum Gasteiger partial charge on any atom is 0.191 e. The number of nitrogens with one attached hydrogen (secondary N) is 2. The molecule has 5 nitrogen and oxygen atoms in total. The number of hydrogen-bond donors (Lipinski definition) is 2. The second-order valence-corrected chi connectivity index (χ2v) is 8.04. The molecule has 0 radical (unpaired) electrons. The molecule has 1 aromatic carbocycles. The number of piperazine rings is 1. The van der Waals surface area contributed by atoms with E-state index < -0.39 is 0 Å². The Hall–Kier alpha value is -1.59. The zero-order chi connectivity index (χ0) is 19.6. The Labute approximate surface area is 166 Å². The highest BCUT2D eigenvalue weighted by molar-refractivity contribution is 5.79. The van der Waals surface area contributed by atoms with E-state index in [9.17, 15) is 0 Å². The van der Waals surface area contributed by atoms with Gasteiger partial charge in [0.05, 0.1) is 6.54 Å². The summed E-state index contributed by atoms with van der Waals surface area (Å²) in [7, 11) is 4.40. The van der Waals surface area contributed by atoms with Gasteiger partial charge in [-0.05, 0) is 50.9 Å². The summed E-state index contributed by atoms with van der Waals surface area (Å²) in [6, 6.07) is 9.56. The number of aryl methyl sites for hydroxylation is 1. The predicted molar refractivity (Wildman–Crippen MR) is 117 cm³/mol. The maximum absolute atomic E-state index is 4.82. The Morgan fingerprint density at radius 3 is 2.56 bits per heavy atom. The van der Waals surface area contributed by atoms with Gasteiger partial charge in [0.15, 0.2) is 5.96 Å². The van der Waals surface area contributed by atoms with Gasteiger partial charge in [0, 0.05) is 38.8 Å². The van der Waals surface area contributed by atoms with Crippen molar-refractivity contribution in [3.8, 4) is 0 Å². The summed E-state index contributed by atoms with van der Waals surface area (Å²) in [5.74, 6) is 1.54. The largest absolute Gasteiger partial charge is 0.357 e. The first-order chi connectivity index (χ1) is 13.0. The monoisotopic (exact) mass is 373 g/mol. The van der Waals surface area contributed by atoms with E-state index in [-0.39, 0.29) is 0 Å². The lowest BCUT2D eigenvalue weighted by molar-refractivity contribution is 0.119. The van der Waals surface area contributed by atoms with E-state index in [2.05, 4.69) is 79.6 Å². The first-order valence-corrected chi connectivity index (χ1v) is 10.5. The van der Waals surface area contributed by atoms with E-state index in [1.807, 2.05) is 0 Å². The molecule has 1 aliphatic heterocycles. The van der Waals surface area contributed by atoms with Gasteiger partial charge in [-0.25, -0.2) is 0 Å². The van der Waals surface area contributed by atoms with Crippen molar-refractivity contribution in [1.82, 2.24) is 20.4 Å². The van der Waals surface area contributed by atoms with Gasteiger partial charge in [0.1, 0.15) is 0 Å². The van der Waals surface area contributed by atoms with Gasteiger partial charge in [0.2, 0.25) is 0 Å². The SMILES string of the molecule is CCNC(=NCC1CN(C)CCN1C)NCCCc1ccc(C(C)C)cc1. The van der Waals surface area contributed by atoms with E-state index >= 15 is 0 Å². The van der Waals surface area contributed by atoms with Crippen LogP contribution in [0.5, 0.6) is 0 Å². The average Bonchev–Trinajstić information content (AvgIpc) is 2.66. The van der Waals surface area contributed by atoms with Crippen LogP contribution in [-0.2, 0) is 6.42 Å². The van der Waals surface area contributed by atoms with Crippen molar-refractivity contribution >= 4 is 5.96 Å². The van der Waals surface area contributed by atoms with Crippen LogP contribution in [0.15, 0.2) is 29.3 Å². The minimum Gasteiger partial charge on any atom is -0.357 e. The molecule has 2 N–H and O–H groups in total. The first-order valence-electron chi connectivity index (χ1n) is 10.5. The highest BCUT2D eigenvalue weighted by Gasteiger charge is 2.21. The maximum atomic E-state index is 4.82. The summed E-state index contributed by atoms with van der Waals surface area (Å²) in [5, 5.41) is 6.87. The fraction of sp³-hybridized carbons (Fsp3) is 0.682. The van der Waals surface area contributed by atoms with E-state index in [0.717, 1.165) is 58.1 Å². The minimum atomic E-state index is 0.499. The lowest BCUT2D eigenvalue weighted by Crippen LogP contribution is -2.51. The molecular formula is C22H39N5. The summed E-state index contributed by atoms with van der Waals surface area (Å²) in [6.07, 6.45) is 2.21. The van der Waals surface area contributed by atoms with Gasteiger partial charge >= 0.3 is 0 Å². The van der Waals surface area contributed by atoms with Crippen LogP contribution in [0.3, 0.4) is 0 Å². The molecule has 0 spiro atoms. The van der Waals surface area contributed by atoms with Crippen LogP contribution < -0.4 is 10.6 Å². The molecular weight excluding hydrogens is 334 g/mol. The number of likely N-dealkylation sites (N-methyl/N-ethyl adjacent to an activating group) is 2. The van der Waals surface area contributed by atoms with Crippen LogP contribution in [0.1, 0.15) is 44.2 Å². The van der Waals surface area contributed by atoms with Crippen LogP contribution in [-0.4, -0.2) is 75.2 Å². The van der Waals surface area contributed by atoms with Crippen LogP contribution >= 0.6 is 0 Å². The number of guanidine groups is 1. The number of benzene rings is 1. The first kappa shape index (κ1) is 21.7. The van der Waals surface area contributed by atoms with E-state index in [4.69, 9.17) is 4.99 Å². The molecule has 1 fully saturated rings. The van der Waals surface area contributed by atoms with Gasteiger partial charge in [-0.3, -0.25) is 9.89 Å². The van der Waals surface area contributed by atoms with Crippen molar-refractivity contribution in [1.29, 1.82) is 0 Å². The molecule has 0 aromatic heterocycles. The fourth-order valence-corrected chi connectivity index (χ4v) is 3.41. The van der Waals surface area contributed by atoms with E-state index in [0.29, 0.717) is 12.0 Å². The normalized spacial score (nSPS) is 19.5. The van der Waals surface area contributed by atoms with Gasteiger partial charge in [-0.1, -0.05) is 38.1 Å². The van der Waals surface area contributed by atoms with Crippen molar-refractivity contribution < 1.29 is 0 Å². The molecule has 1 saturated heterocycles. The smallest absolute Gasteiger partial charge is 0.191 e. The third-order valence-electron chi connectivity index (χ3n) is 5.37. The van der Waals surface area contributed by atoms with Gasteiger partial charge in [0.25, 0.3) is 0 Å². The third kappa shape index (κ3) is 7.51. The lowest BCUT2D eigenvalue weighted by atomic mass is 10.0. The Morgan fingerprint density at radius 2 is 1.89 bits per heavy atom. The van der Waals surface area contributed by atoms with E-state index in [1.54, 1.807) is 0 Å². The zero-order valence-corrected chi connectivity index (χ0v) is 18.0. The molecule has 0 amide bonds. The number of aliphatic imine (C=N–C) groups is 1. The lowest BCUT2D eigenvalue weighted by Gasteiger charge is -2.36. The molecule has 5 heteroatoms. The summed E-state index contributed by atoms with van der Waals surface area (Å²) in [4.78, 5) is 9.64. The Bertz CT molecular complexity index is 567. The molecule has 1 aromatic rings. The molecule has 152 valence electrons. The third-order valence-corrected chi connectivity index (χ3v) is 5.37. The van der Waals surface area contributed by atoms with Crippen molar-refractivity contribution in [2.75, 3.05) is 53.4 Å². The number of rotatable bonds is 8. The highest BCUT2D eigenvalue weighted by atomic mass is 15.3. The Morgan fingerprint density at radius 1 is 1.15 bits per heavy atom. The summed E-state index contributed by atoms with van der Waals surface area (Å²) >= 11 is 0. The molecule has 0 saturated carbocycles. The van der Waals surface area contributed by atoms with Gasteiger partial charge in [-0.15, -0.1) is 0 Å². The second kappa shape index (κ2) is 11.3. The second-order valence-electron chi connectivity index (χ2n) is 8.04. The van der Waals surface area contributed by atoms with Crippen LogP contribution in [0.25, 0.3) is 0 Å². The van der Waals surface area contributed by atoms with Crippen molar-refractivity contribution in [3.05, 3.63) is 35.4 Å². The number of hydrogen-bond acceptors (Lipinski definition) is 3. The zero-order valence-electron chi connectivity index (χ0n) is 18.0. The molecule has 1 aliphatic rings. The van der Waals surface area contributed by atoms with Crippen molar-refractivity contribution in [2.45, 2.75) is 45.6 Å². The molecule has 1 atom stereocenters. The fourth-order valence-electron chi connectivity index (χ4n) is 3.41. The Balaban J connectivity index is 1.76. The minimum absolute atomic E-state index is 0.499. The van der Waals surface area contributed by atoms with Gasteiger partial charge < -0.3 is 15.5 Å². The summed E-state index contributed by atoms with van der Waals surface area (Å²) in [6.45, 7) is 12.6. The van der Waals surface area contributed by atoms with E-state index in [1.165, 1.54) is 11.1 Å². The number of nitrogens with zero attached hydrogens (tertiary/aromatic N) is 3. The predicted octanol–water partition coefficient (Wildman–Crippen LogP) is 2.54. The molecule has 1 heterocycles. The highest BCUT2D eigenvalue weighted by Crippen LogP contribution is 2.15. The molecule has 1 unspecified atom stereocenters. The standard InChI is InChI=1S/C22H39N5/c1-6-23-22(25-16-21-17-26(4)14-15-27(21)5)24-13-7-8-19-9-11-20(12-10-19)18(2)3/h9-12,18,21H,6-8,13-17H2,1-5H3,(H2,23,24,25). The van der Waals surface area contributed by atoms with Crippen LogP contribution in [0.4, 0.5) is 0 Å². The quantitative estimate of drug-likeness (QED) is 0.417. The molecule has 2 rings (SSSR count). The van der Waals surface area contributed by atoms with Crippen LogP contribution in [0, 0.1) is 0 Å². The van der Waals surface area contributed by atoms with Crippen molar-refractivity contribution in [3.63, 3.8) is 0 Å². The van der Waals surface area contributed by atoms with Crippen molar-refractivity contribution in [2.24, 2.45) is 4.99 Å². The Kier molecular flexibility index (Phi) is 9.08. The average molecular weight is 374 g/mol. The summed E-state index contributed by atoms with van der Waals surface area (Å²) in [5.41, 5.74) is 2.83. The molecule has 0 aliphatic carbocycles. The summed E-state index contributed by atoms with van der Waals surface area (Å²) < 4.78 is 0. The van der Waals surface area contributed by atoms with Crippen LogP contribution in [0.2, 0.25) is 0 Å². The topological polar surface area (TPSA) is 42.9 Å². The molecule has 27 heavy (non-hydrogen) atoms. The van der Waals surface area contributed by atoms with Gasteiger partial charge in [-0.2, -0.15) is 0 Å². The molecule has 0 bridgehead atoms.